The van der Waals surface area contributed by atoms with Crippen LogP contribution in [0.3, 0.4) is 0 Å². The number of rotatable bonds is 2. The maximum Gasteiger partial charge on any atom is 0.130 e. The van der Waals surface area contributed by atoms with Crippen molar-refractivity contribution in [3.05, 3.63) is 11.5 Å². The molecule has 0 aromatic heterocycles. The van der Waals surface area contributed by atoms with Gasteiger partial charge in [-0.3, -0.25) is 0 Å². The van der Waals surface area contributed by atoms with Crippen LogP contribution in [-0.4, -0.2) is 21.4 Å². The van der Waals surface area contributed by atoms with Crippen LogP contribution in [0.4, 0.5) is 0 Å². The molecule has 0 radical (unpaired) electrons. The quantitative estimate of drug-likeness (QED) is 0.619. The lowest BCUT2D eigenvalue weighted by atomic mass is 9.83. The van der Waals surface area contributed by atoms with Crippen LogP contribution in [0.1, 0.15) is 33.1 Å². The second kappa shape index (κ2) is 4.01. The molecule has 0 heterocycles. The van der Waals surface area contributed by atoms with Crippen molar-refractivity contribution >= 4 is 0 Å². The van der Waals surface area contributed by atoms with Gasteiger partial charge in [0.05, 0.1) is 6.10 Å². The molecule has 76 valence electrons. The molecule has 0 saturated carbocycles. The van der Waals surface area contributed by atoms with Gasteiger partial charge < -0.3 is 15.3 Å². The average Bonchev–Trinajstić information content (AvgIpc) is 2.08. The molecule has 2 unspecified atom stereocenters. The molecule has 1 aliphatic rings. The Morgan fingerprint density at radius 3 is 2.31 bits per heavy atom. The fourth-order valence-electron chi connectivity index (χ4n) is 1.77. The molecule has 1 rings (SSSR count). The number of hydrogen-bond donors (Lipinski definition) is 3. The third kappa shape index (κ3) is 2.37. The summed E-state index contributed by atoms with van der Waals surface area (Å²) in [5.41, 5.74) is 0. The van der Waals surface area contributed by atoms with Crippen molar-refractivity contribution in [3.63, 3.8) is 0 Å². The van der Waals surface area contributed by atoms with E-state index in [1.807, 2.05) is 13.8 Å². The Kier molecular flexibility index (Phi) is 3.20. The Labute approximate surface area is 78.7 Å². The van der Waals surface area contributed by atoms with E-state index in [-0.39, 0.29) is 29.5 Å². The predicted octanol–water partition coefficient (Wildman–Crippen LogP) is 2.13. The summed E-state index contributed by atoms with van der Waals surface area (Å²) < 4.78 is 0. The summed E-state index contributed by atoms with van der Waals surface area (Å²) in [5.74, 6) is 0.442. The van der Waals surface area contributed by atoms with Gasteiger partial charge in [-0.2, -0.15) is 0 Å². The largest absolute Gasteiger partial charge is 0.509 e. The van der Waals surface area contributed by atoms with E-state index >= 15 is 0 Å². The third-order valence-corrected chi connectivity index (χ3v) is 2.71. The van der Waals surface area contributed by atoms with Crippen molar-refractivity contribution < 1.29 is 15.3 Å². The highest BCUT2D eigenvalue weighted by Crippen LogP contribution is 2.31. The molecule has 2 atom stereocenters. The van der Waals surface area contributed by atoms with Gasteiger partial charge in [0.15, 0.2) is 0 Å². The summed E-state index contributed by atoms with van der Waals surface area (Å²) in [4.78, 5) is 0. The topological polar surface area (TPSA) is 60.7 Å². The minimum atomic E-state index is -0.379. The summed E-state index contributed by atoms with van der Waals surface area (Å²) in [5, 5.41) is 28.2. The first-order valence-corrected chi connectivity index (χ1v) is 4.80. The number of aliphatic hydroxyl groups is 3. The van der Waals surface area contributed by atoms with Crippen molar-refractivity contribution in [1.82, 2.24) is 0 Å². The highest BCUT2D eigenvalue weighted by molar-refractivity contribution is 5.05. The van der Waals surface area contributed by atoms with Gasteiger partial charge in [0.25, 0.3) is 0 Å². The van der Waals surface area contributed by atoms with Crippen LogP contribution in [0, 0.1) is 11.8 Å². The van der Waals surface area contributed by atoms with Gasteiger partial charge in [0.2, 0.25) is 0 Å². The minimum Gasteiger partial charge on any atom is -0.509 e. The molecule has 0 fully saturated rings. The molecule has 13 heavy (non-hydrogen) atoms. The Hall–Kier alpha value is -0.700. The van der Waals surface area contributed by atoms with E-state index < -0.39 is 0 Å². The molecule has 0 spiro atoms. The standard InChI is InChI=1S/C10H18O3/c1-6(2)10(13)7-3-4-8(11)9(12)5-7/h6-7,10-13H,3-5H2,1-2H3. The third-order valence-electron chi connectivity index (χ3n) is 2.71. The van der Waals surface area contributed by atoms with E-state index in [2.05, 4.69) is 0 Å². The zero-order valence-electron chi connectivity index (χ0n) is 8.20. The van der Waals surface area contributed by atoms with Crippen molar-refractivity contribution in [2.45, 2.75) is 39.2 Å². The highest BCUT2D eigenvalue weighted by atomic mass is 16.3. The maximum atomic E-state index is 9.74. The second-order valence-corrected chi connectivity index (χ2v) is 4.13. The fraction of sp³-hybridized carbons (Fsp3) is 0.800. The van der Waals surface area contributed by atoms with Gasteiger partial charge in [-0.05, 0) is 18.3 Å². The predicted molar refractivity (Wildman–Crippen MR) is 50.5 cm³/mol. The van der Waals surface area contributed by atoms with Gasteiger partial charge in [0, 0.05) is 12.8 Å². The first-order chi connectivity index (χ1) is 6.02. The molecular formula is C10H18O3. The Bertz CT molecular complexity index is 208. The maximum absolute atomic E-state index is 9.74. The van der Waals surface area contributed by atoms with Crippen LogP contribution in [0.2, 0.25) is 0 Å². The van der Waals surface area contributed by atoms with Crippen LogP contribution >= 0.6 is 0 Å². The first-order valence-electron chi connectivity index (χ1n) is 4.80. The molecule has 0 aliphatic heterocycles. The molecule has 0 aromatic carbocycles. The Balaban J connectivity index is 2.58. The van der Waals surface area contributed by atoms with Crippen LogP contribution in [0.25, 0.3) is 0 Å². The van der Waals surface area contributed by atoms with Gasteiger partial charge in [-0.25, -0.2) is 0 Å². The summed E-state index contributed by atoms with van der Waals surface area (Å²) in [7, 11) is 0. The number of hydrogen-bond acceptors (Lipinski definition) is 3. The highest BCUT2D eigenvalue weighted by Gasteiger charge is 2.27. The molecule has 0 bridgehead atoms. The second-order valence-electron chi connectivity index (χ2n) is 4.13. The molecule has 0 amide bonds. The van der Waals surface area contributed by atoms with Crippen molar-refractivity contribution in [2.24, 2.45) is 11.8 Å². The van der Waals surface area contributed by atoms with Gasteiger partial charge in [-0.15, -0.1) is 0 Å². The van der Waals surface area contributed by atoms with Crippen LogP contribution in [0.5, 0.6) is 0 Å². The monoisotopic (exact) mass is 186 g/mol. The van der Waals surface area contributed by atoms with E-state index in [4.69, 9.17) is 5.11 Å². The van der Waals surface area contributed by atoms with E-state index in [9.17, 15) is 10.2 Å². The Morgan fingerprint density at radius 1 is 1.23 bits per heavy atom. The van der Waals surface area contributed by atoms with Gasteiger partial charge in [-0.1, -0.05) is 13.8 Å². The van der Waals surface area contributed by atoms with E-state index in [0.29, 0.717) is 12.8 Å². The lowest BCUT2D eigenvalue weighted by Crippen LogP contribution is -2.28. The molecule has 3 heteroatoms. The van der Waals surface area contributed by atoms with Gasteiger partial charge >= 0.3 is 0 Å². The normalized spacial score (nSPS) is 26.6. The lowest BCUT2D eigenvalue weighted by Gasteiger charge is -2.28. The average molecular weight is 186 g/mol. The molecule has 3 N–H and O–H groups in total. The zero-order chi connectivity index (χ0) is 10.0. The zero-order valence-corrected chi connectivity index (χ0v) is 8.20. The van der Waals surface area contributed by atoms with E-state index in [1.54, 1.807) is 0 Å². The minimum absolute atomic E-state index is 0.0518. The fourth-order valence-corrected chi connectivity index (χ4v) is 1.77. The number of aliphatic hydroxyl groups excluding tert-OH is 3. The summed E-state index contributed by atoms with van der Waals surface area (Å²) >= 11 is 0. The van der Waals surface area contributed by atoms with Crippen LogP contribution in [0.15, 0.2) is 11.5 Å². The lowest BCUT2D eigenvalue weighted by molar-refractivity contribution is 0.0465. The Morgan fingerprint density at radius 2 is 1.85 bits per heavy atom. The number of allylic oxidation sites excluding steroid dienone is 2. The smallest absolute Gasteiger partial charge is 0.130 e. The van der Waals surface area contributed by atoms with E-state index in [1.165, 1.54) is 0 Å². The van der Waals surface area contributed by atoms with Crippen molar-refractivity contribution in [2.75, 3.05) is 0 Å². The van der Waals surface area contributed by atoms with E-state index in [0.717, 1.165) is 6.42 Å². The summed E-state index contributed by atoms with van der Waals surface area (Å²) in [6, 6.07) is 0. The molecule has 1 aliphatic carbocycles. The molecule has 0 saturated heterocycles. The van der Waals surface area contributed by atoms with Gasteiger partial charge in [0.1, 0.15) is 11.5 Å². The summed E-state index contributed by atoms with van der Waals surface area (Å²) in [6.45, 7) is 3.92. The van der Waals surface area contributed by atoms with Crippen LogP contribution in [-0.2, 0) is 0 Å². The molecular weight excluding hydrogens is 168 g/mol. The van der Waals surface area contributed by atoms with Crippen molar-refractivity contribution in [3.8, 4) is 0 Å². The molecule has 0 aromatic rings. The summed E-state index contributed by atoms with van der Waals surface area (Å²) in [6.07, 6.45) is 1.27. The SMILES string of the molecule is CC(C)C(O)C1CCC(O)=C(O)C1. The van der Waals surface area contributed by atoms with Crippen molar-refractivity contribution in [1.29, 1.82) is 0 Å². The first kappa shape index (κ1) is 10.4. The van der Waals surface area contributed by atoms with Crippen LogP contribution < -0.4 is 0 Å². The molecule has 3 nitrogen and oxygen atoms in total.